The van der Waals surface area contributed by atoms with Gasteiger partial charge in [0.25, 0.3) is 0 Å². The average molecular weight is 1260 g/mol. The first-order valence-corrected chi connectivity index (χ1v) is 35.3. The van der Waals surface area contributed by atoms with Gasteiger partial charge in [-0.15, -0.1) is 22.7 Å². The molecule has 8 aromatic carbocycles. The van der Waals surface area contributed by atoms with Crippen molar-refractivity contribution in [1.29, 1.82) is 0 Å². The van der Waals surface area contributed by atoms with Crippen LogP contribution in [0.4, 0.5) is 34.1 Å². The molecule has 470 valence electrons. The highest BCUT2D eigenvalue weighted by Crippen LogP contribution is 2.55. The molecule has 0 saturated carbocycles. The van der Waals surface area contributed by atoms with Crippen LogP contribution in [0.15, 0.2) is 182 Å². The molecule has 0 unspecified atom stereocenters. The van der Waals surface area contributed by atoms with Crippen LogP contribution in [-0.2, 0) is 0 Å². The number of fused-ring (bicyclic) bond motifs is 7. The van der Waals surface area contributed by atoms with Crippen molar-refractivity contribution < 1.29 is 33.2 Å². The Hall–Kier alpha value is -8.77. The summed E-state index contributed by atoms with van der Waals surface area (Å²) < 4.78 is 38.2. The summed E-state index contributed by atoms with van der Waals surface area (Å²) in [5.41, 5.74) is 13.6. The highest BCUT2D eigenvalue weighted by Gasteiger charge is 2.31. The van der Waals surface area contributed by atoms with E-state index in [0.29, 0.717) is 26.4 Å². The second-order valence-corrected chi connectivity index (χ2v) is 26.5. The number of thiophene rings is 2. The molecule has 0 fully saturated rings. The number of unbranched alkanes of at least 4 members (excludes halogenated alkanes) is 12. The minimum atomic E-state index is 0.0607. The van der Waals surface area contributed by atoms with Gasteiger partial charge in [-0.1, -0.05) is 153 Å². The smallest absolute Gasteiger partial charge is 0.194 e. The first-order valence-electron chi connectivity index (χ1n) is 33.6. The predicted octanol–water partition coefficient (Wildman–Crippen LogP) is 24.7. The second kappa shape index (κ2) is 29.2. The fraction of sp³-hybridized carbons (Fsp3) is 0.296. The Labute approximate surface area is 551 Å². The van der Waals surface area contributed by atoms with E-state index in [0.717, 1.165) is 196 Å². The summed E-state index contributed by atoms with van der Waals surface area (Å²) >= 11 is 3.47. The maximum atomic E-state index is 14.5. The van der Waals surface area contributed by atoms with Crippen LogP contribution in [-0.4, -0.2) is 32.2 Å². The van der Waals surface area contributed by atoms with Crippen LogP contribution in [0.5, 0.6) is 46.0 Å². The number of benzene rings is 8. The Balaban J connectivity index is 0.693. The highest BCUT2D eigenvalue weighted by atomic mass is 32.1. The lowest BCUT2D eigenvalue weighted by Crippen LogP contribution is -2.16. The number of carbonyl (C=O) groups is 1. The molecule has 13 rings (SSSR count). The molecule has 10 aromatic rings. The van der Waals surface area contributed by atoms with Crippen molar-refractivity contribution in [2.75, 3.05) is 36.2 Å². The molecule has 0 atom stereocenters. The van der Waals surface area contributed by atoms with Gasteiger partial charge in [-0.25, -0.2) is 0 Å². The van der Waals surface area contributed by atoms with Gasteiger partial charge in [0.05, 0.1) is 49.2 Å². The SMILES string of the molecule is CCCCCCOc1ccc2c(c1)Oc1cc(OCCCCCC)ccc1N2c1ccc(-c2ccc(-c3ccc4c(c3)C(=O)c3cc(-c5ccc(-c6ccc(N7c8ccc(OCCCCCC)cc8Oc8cc(OCCCCCC)ccc87)cc6)s5)ccc3-4)s2)cc1. The summed E-state index contributed by atoms with van der Waals surface area (Å²) in [4.78, 5) is 23.5. The molecule has 11 heteroatoms. The van der Waals surface area contributed by atoms with Gasteiger partial charge in [0, 0.05) is 66.3 Å². The van der Waals surface area contributed by atoms with Crippen LogP contribution in [0.25, 0.3) is 52.9 Å². The number of rotatable bonds is 30. The lowest BCUT2D eigenvalue weighted by Gasteiger charge is -2.33. The molecule has 0 N–H and O–H groups in total. The molecule has 0 saturated heterocycles. The van der Waals surface area contributed by atoms with Gasteiger partial charge >= 0.3 is 0 Å². The zero-order valence-electron chi connectivity index (χ0n) is 53.5. The minimum Gasteiger partial charge on any atom is -0.493 e. The Morgan fingerprint density at radius 2 is 0.598 bits per heavy atom. The van der Waals surface area contributed by atoms with Crippen LogP contribution in [0.1, 0.15) is 146 Å². The summed E-state index contributed by atoms with van der Waals surface area (Å²) in [5.74, 6) is 6.25. The summed E-state index contributed by atoms with van der Waals surface area (Å²) in [5, 5.41) is 0. The lowest BCUT2D eigenvalue weighted by molar-refractivity contribution is 0.104. The molecular weight excluding hydrogens is 1180 g/mol. The van der Waals surface area contributed by atoms with Gasteiger partial charge in [-0.05, 0) is 168 Å². The third-order valence-electron chi connectivity index (χ3n) is 17.6. The Bertz CT molecular complexity index is 3790. The minimum absolute atomic E-state index is 0.0607. The normalized spacial score (nSPS) is 12.5. The van der Waals surface area contributed by atoms with Crippen molar-refractivity contribution in [3.63, 3.8) is 0 Å². The van der Waals surface area contributed by atoms with Crippen LogP contribution in [0.2, 0.25) is 0 Å². The van der Waals surface area contributed by atoms with Gasteiger partial charge in [-0.2, -0.15) is 0 Å². The number of ketones is 1. The maximum Gasteiger partial charge on any atom is 0.194 e. The van der Waals surface area contributed by atoms with E-state index in [1.807, 2.05) is 48.5 Å². The van der Waals surface area contributed by atoms with Crippen molar-refractivity contribution in [1.82, 2.24) is 0 Å². The predicted molar refractivity (Wildman–Crippen MR) is 381 cm³/mol. The van der Waals surface area contributed by atoms with Gasteiger partial charge < -0.3 is 38.2 Å². The molecule has 1 aliphatic carbocycles. The van der Waals surface area contributed by atoms with Crippen LogP contribution >= 0.6 is 22.7 Å². The third-order valence-corrected chi connectivity index (χ3v) is 20.0. The average Bonchev–Trinajstić information content (AvgIpc) is 1.40. The Morgan fingerprint density at radius 3 is 0.902 bits per heavy atom. The van der Waals surface area contributed by atoms with Crippen molar-refractivity contribution in [3.8, 4) is 98.9 Å². The number of hydrogen-bond acceptors (Lipinski definition) is 11. The molecule has 0 bridgehead atoms. The van der Waals surface area contributed by atoms with Crippen molar-refractivity contribution in [2.24, 2.45) is 0 Å². The molecule has 0 amide bonds. The highest BCUT2D eigenvalue weighted by molar-refractivity contribution is 7.19. The molecule has 2 aliphatic heterocycles. The van der Waals surface area contributed by atoms with E-state index in [2.05, 4.69) is 171 Å². The van der Waals surface area contributed by atoms with E-state index in [9.17, 15) is 4.79 Å². The zero-order valence-corrected chi connectivity index (χ0v) is 55.2. The third kappa shape index (κ3) is 13.7. The number of nitrogens with zero attached hydrogens (tertiary/aromatic N) is 2. The van der Waals surface area contributed by atoms with Gasteiger partial charge in [0.15, 0.2) is 28.8 Å². The lowest BCUT2D eigenvalue weighted by atomic mass is 10.0. The first kappa shape index (κ1) is 62.1. The van der Waals surface area contributed by atoms with Crippen molar-refractivity contribution in [3.05, 3.63) is 193 Å². The van der Waals surface area contributed by atoms with Crippen LogP contribution in [0, 0.1) is 0 Å². The first-order chi connectivity index (χ1) is 45.3. The van der Waals surface area contributed by atoms with Gasteiger partial charge in [0.1, 0.15) is 23.0 Å². The van der Waals surface area contributed by atoms with Crippen LogP contribution < -0.4 is 38.2 Å². The summed E-state index contributed by atoms with van der Waals surface area (Å²) in [6.45, 7) is 11.6. The van der Waals surface area contributed by atoms with E-state index in [1.165, 1.54) is 51.4 Å². The number of carbonyl (C=O) groups excluding carboxylic acids is 1. The van der Waals surface area contributed by atoms with Crippen LogP contribution in [0.3, 0.4) is 0 Å². The number of hydrogen-bond donors (Lipinski definition) is 0. The van der Waals surface area contributed by atoms with E-state index in [-0.39, 0.29) is 5.78 Å². The molecule has 9 nitrogen and oxygen atoms in total. The molecule has 0 spiro atoms. The second-order valence-electron chi connectivity index (χ2n) is 24.3. The fourth-order valence-corrected chi connectivity index (χ4v) is 14.6. The summed E-state index contributed by atoms with van der Waals surface area (Å²) in [7, 11) is 0. The monoisotopic (exact) mass is 1260 g/mol. The molecule has 2 aromatic heterocycles. The summed E-state index contributed by atoms with van der Waals surface area (Å²) in [6.07, 6.45) is 18.4. The van der Waals surface area contributed by atoms with E-state index in [1.54, 1.807) is 22.7 Å². The largest absolute Gasteiger partial charge is 0.493 e. The standard InChI is InChI=1S/C81H82N2O7S2/c1-5-9-13-17-45-85-61-31-37-69-73(51-61)89-74-52-62(86-46-18-14-10-6-2)32-38-70(74)82(69)59-27-21-55(22-28-59)77-41-43-79(91-77)57-25-35-65-66-36-26-58(50-68(66)81(84)67(65)49-57)80-44-42-78(92-80)56-23-29-60(30-24-56)83-71-39-33-63(87-47-19-15-11-7-3)53-75(71)90-76-54-64(34-40-72(76)83)88-48-20-16-12-8-4/h21-44,49-54H,5-20,45-48H2,1-4H3. The number of ether oxygens (including phenoxy) is 6. The molecule has 0 radical (unpaired) electrons. The quantitative estimate of drug-likeness (QED) is 0.0409. The van der Waals surface area contributed by atoms with E-state index < -0.39 is 0 Å². The molecule has 92 heavy (non-hydrogen) atoms. The Kier molecular flexibility index (Phi) is 19.7. The summed E-state index contributed by atoms with van der Waals surface area (Å²) in [6, 6.07) is 63.6. The molecule has 3 aliphatic rings. The van der Waals surface area contributed by atoms with Crippen molar-refractivity contribution >= 4 is 62.6 Å². The fourth-order valence-electron chi connectivity index (χ4n) is 12.6. The van der Waals surface area contributed by atoms with E-state index >= 15 is 0 Å². The molecule has 4 heterocycles. The van der Waals surface area contributed by atoms with E-state index in [4.69, 9.17) is 28.4 Å². The Morgan fingerprint density at radius 1 is 0.304 bits per heavy atom. The zero-order chi connectivity index (χ0) is 62.8. The van der Waals surface area contributed by atoms with Gasteiger partial charge in [0.2, 0.25) is 0 Å². The topological polar surface area (TPSA) is 78.9 Å². The number of anilines is 6. The molecular formula is C81H82N2O7S2. The maximum absolute atomic E-state index is 14.5. The van der Waals surface area contributed by atoms with Gasteiger partial charge in [-0.3, -0.25) is 4.79 Å². The van der Waals surface area contributed by atoms with Crippen molar-refractivity contribution in [2.45, 2.75) is 130 Å².